The third-order valence-electron chi connectivity index (χ3n) is 10.5. The normalized spacial score (nSPS) is 27.1. The first-order valence-electron chi connectivity index (χ1n) is 18.6. The summed E-state index contributed by atoms with van der Waals surface area (Å²) in [5, 5.41) is 17.1. The zero-order valence-corrected chi connectivity index (χ0v) is 33.1. The number of fused-ring (bicyclic) bond motifs is 4. The molecule has 13 nitrogen and oxygen atoms in total. The lowest BCUT2D eigenvalue weighted by atomic mass is 9.62. The molecule has 0 spiro atoms. The number of esters is 2. The monoisotopic (exact) mass is 867 g/mol. The van der Waals surface area contributed by atoms with Crippen molar-refractivity contribution in [1.82, 2.24) is 15.7 Å². The zero-order chi connectivity index (χ0) is 39.0. The second kappa shape index (κ2) is 15.9. The van der Waals surface area contributed by atoms with Gasteiger partial charge in [-0.2, -0.15) is 5.06 Å². The average Bonchev–Trinajstić information content (AvgIpc) is 3.74. The SMILES string of the molecule is CC(C)(C)OC(=O)CCC(CO)NC(=O)CCNC(=O)C12CC3OC(=O)C1N(Cc1ccccc1I)OC2C1OC(c2ccccc2)(c2ccccc2)OC31. The van der Waals surface area contributed by atoms with Crippen molar-refractivity contribution in [3.8, 4) is 0 Å². The van der Waals surface area contributed by atoms with Crippen LogP contribution >= 0.6 is 22.6 Å². The van der Waals surface area contributed by atoms with Gasteiger partial charge in [-0.05, 0) is 61.4 Å². The third-order valence-corrected chi connectivity index (χ3v) is 11.6. The van der Waals surface area contributed by atoms with E-state index in [4.69, 9.17) is 23.8 Å². The summed E-state index contributed by atoms with van der Waals surface area (Å²) in [5.74, 6) is -3.31. The van der Waals surface area contributed by atoms with E-state index in [-0.39, 0.29) is 45.4 Å². The largest absolute Gasteiger partial charge is 0.460 e. The fourth-order valence-corrected chi connectivity index (χ4v) is 8.69. The number of aliphatic hydroxyl groups is 1. The van der Waals surface area contributed by atoms with Gasteiger partial charge in [0, 0.05) is 40.5 Å². The summed E-state index contributed by atoms with van der Waals surface area (Å²) in [6.45, 7) is 5.06. The van der Waals surface area contributed by atoms with Crippen LogP contribution in [0.15, 0.2) is 84.9 Å². The van der Waals surface area contributed by atoms with Crippen LogP contribution < -0.4 is 10.6 Å². The third kappa shape index (κ3) is 7.76. The molecule has 7 unspecified atom stereocenters. The van der Waals surface area contributed by atoms with Crippen LogP contribution in [0.2, 0.25) is 0 Å². The van der Waals surface area contributed by atoms with Crippen LogP contribution in [-0.4, -0.2) is 89.2 Å². The number of hydrogen-bond acceptors (Lipinski definition) is 11. The highest BCUT2D eigenvalue weighted by Crippen LogP contribution is 2.59. The number of nitrogens with one attached hydrogen (secondary N) is 2. The maximum Gasteiger partial charge on any atom is 0.327 e. The lowest BCUT2D eigenvalue weighted by Crippen LogP contribution is -2.69. The minimum absolute atomic E-state index is 0.0182. The highest BCUT2D eigenvalue weighted by molar-refractivity contribution is 14.1. The molecule has 14 heteroatoms. The Balaban J connectivity index is 1.14. The van der Waals surface area contributed by atoms with E-state index >= 15 is 0 Å². The van der Waals surface area contributed by atoms with Crippen LogP contribution in [0.3, 0.4) is 0 Å². The molecular formula is C41H46IN3O10. The number of nitrogens with zero attached hydrogens (tertiary/aromatic N) is 1. The number of aliphatic hydroxyl groups excluding tert-OH is 1. The van der Waals surface area contributed by atoms with E-state index < -0.39 is 77.1 Å². The summed E-state index contributed by atoms with van der Waals surface area (Å²) < 4.78 is 26.3. The number of carbonyl (C=O) groups excluding carboxylic acids is 4. The quantitative estimate of drug-likeness (QED) is 0.169. The average molecular weight is 868 g/mol. The standard InChI is InChI=1S/C41H46IN3O10/c1-39(2,3)52-32(48)19-18-28(24-46)44-31(47)20-21-43-38(50)40-22-30-33-34(54-41(53-33,26-13-6-4-7-14-26)27-15-8-5-9-16-27)36(40)55-45(35(40)37(49)51-30)23-25-12-10-11-17-29(25)42/h4-17,28,30,33-36,46H,18-24H2,1-3H3,(H,43,50)(H,44,47). The highest BCUT2D eigenvalue weighted by atomic mass is 127. The first-order chi connectivity index (χ1) is 26.3. The number of ether oxygens (including phenoxy) is 4. The molecule has 55 heavy (non-hydrogen) atoms. The molecular weight excluding hydrogens is 821 g/mol. The Morgan fingerprint density at radius 2 is 1.58 bits per heavy atom. The maximum absolute atomic E-state index is 14.7. The van der Waals surface area contributed by atoms with Crippen molar-refractivity contribution in [2.75, 3.05) is 13.2 Å². The van der Waals surface area contributed by atoms with E-state index in [2.05, 4.69) is 33.2 Å². The molecule has 0 aromatic heterocycles. The first-order valence-corrected chi connectivity index (χ1v) is 19.7. The molecule has 292 valence electrons. The Morgan fingerprint density at radius 1 is 0.945 bits per heavy atom. The molecule has 2 bridgehead atoms. The molecule has 2 amide bonds. The second-order valence-electron chi connectivity index (χ2n) is 15.4. The molecule has 1 saturated carbocycles. The van der Waals surface area contributed by atoms with E-state index in [9.17, 15) is 24.3 Å². The Labute approximate surface area is 333 Å². The number of hydrogen-bond donors (Lipinski definition) is 3. The van der Waals surface area contributed by atoms with Crippen LogP contribution in [0.1, 0.15) is 63.1 Å². The highest BCUT2D eigenvalue weighted by Gasteiger charge is 2.76. The van der Waals surface area contributed by atoms with E-state index in [1.54, 1.807) is 25.8 Å². The summed E-state index contributed by atoms with van der Waals surface area (Å²) in [6.07, 6.45) is -3.19. The number of hydroxylamine groups is 2. The molecule has 3 heterocycles. The van der Waals surface area contributed by atoms with Gasteiger partial charge in [-0.1, -0.05) is 78.9 Å². The van der Waals surface area contributed by atoms with E-state index in [0.717, 1.165) is 20.3 Å². The molecule has 1 aliphatic carbocycles. The zero-order valence-electron chi connectivity index (χ0n) is 30.9. The Morgan fingerprint density at radius 3 is 2.22 bits per heavy atom. The van der Waals surface area contributed by atoms with Crippen LogP contribution in [0.5, 0.6) is 0 Å². The van der Waals surface area contributed by atoms with Gasteiger partial charge in [0.1, 0.15) is 35.4 Å². The van der Waals surface area contributed by atoms with Crippen molar-refractivity contribution in [3.63, 3.8) is 0 Å². The molecule has 7 rings (SSSR count). The van der Waals surface area contributed by atoms with E-state index in [1.807, 2.05) is 84.9 Å². The van der Waals surface area contributed by atoms with Gasteiger partial charge in [-0.3, -0.25) is 24.0 Å². The molecule has 4 fully saturated rings. The minimum Gasteiger partial charge on any atom is -0.460 e. The molecule has 3 aromatic rings. The Bertz CT molecular complexity index is 1850. The lowest BCUT2D eigenvalue weighted by molar-refractivity contribution is -0.213. The van der Waals surface area contributed by atoms with Crippen molar-refractivity contribution in [2.24, 2.45) is 5.41 Å². The van der Waals surface area contributed by atoms with E-state index in [0.29, 0.717) is 0 Å². The van der Waals surface area contributed by atoms with Crippen molar-refractivity contribution < 1.29 is 48.1 Å². The van der Waals surface area contributed by atoms with Gasteiger partial charge in [0.2, 0.25) is 17.6 Å². The fourth-order valence-electron chi connectivity index (χ4n) is 8.13. The smallest absolute Gasteiger partial charge is 0.327 e. The Kier molecular flexibility index (Phi) is 11.4. The second-order valence-corrected chi connectivity index (χ2v) is 16.6. The van der Waals surface area contributed by atoms with Gasteiger partial charge in [0.25, 0.3) is 0 Å². The molecule has 3 aliphatic heterocycles. The van der Waals surface area contributed by atoms with Gasteiger partial charge in [-0.25, -0.2) is 0 Å². The molecule has 3 aromatic carbocycles. The van der Waals surface area contributed by atoms with Gasteiger partial charge >= 0.3 is 11.9 Å². The van der Waals surface area contributed by atoms with Crippen molar-refractivity contribution >= 4 is 46.3 Å². The van der Waals surface area contributed by atoms with Crippen LogP contribution in [0.4, 0.5) is 0 Å². The summed E-state index contributed by atoms with van der Waals surface area (Å²) >= 11 is 2.23. The van der Waals surface area contributed by atoms with E-state index in [1.165, 1.54) is 0 Å². The molecule has 0 radical (unpaired) electrons. The number of benzene rings is 3. The van der Waals surface area contributed by atoms with Crippen molar-refractivity contribution in [2.45, 2.75) is 101 Å². The summed E-state index contributed by atoms with van der Waals surface area (Å²) in [7, 11) is 0. The molecule has 4 aliphatic rings. The molecule has 7 atom stereocenters. The predicted molar refractivity (Wildman–Crippen MR) is 205 cm³/mol. The molecule has 3 N–H and O–H groups in total. The Hall–Kier alpha value is -3.93. The van der Waals surface area contributed by atoms with Crippen molar-refractivity contribution in [1.29, 1.82) is 0 Å². The number of rotatable bonds is 13. The van der Waals surface area contributed by atoms with Gasteiger partial charge in [0.05, 0.1) is 19.2 Å². The lowest BCUT2D eigenvalue weighted by Gasteiger charge is -2.48. The van der Waals surface area contributed by atoms with Crippen LogP contribution in [0, 0.1) is 8.99 Å². The van der Waals surface area contributed by atoms with Gasteiger partial charge in [-0.15, -0.1) is 0 Å². The maximum atomic E-state index is 14.7. The van der Waals surface area contributed by atoms with Crippen LogP contribution in [0.25, 0.3) is 0 Å². The van der Waals surface area contributed by atoms with Crippen molar-refractivity contribution in [3.05, 3.63) is 105 Å². The summed E-state index contributed by atoms with van der Waals surface area (Å²) in [5.41, 5.74) is 0.271. The first kappa shape index (κ1) is 39.3. The predicted octanol–water partition coefficient (Wildman–Crippen LogP) is 3.88. The summed E-state index contributed by atoms with van der Waals surface area (Å²) in [4.78, 5) is 60.7. The number of amides is 2. The van der Waals surface area contributed by atoms with Crippen LogP contribution in [-0.2, 0) is 55.3 Å². The summed E-state index contributed by atoms with van der Waals surface area (Å²) in [6, 6.07) is 25.0. The number of carbonyl (C=O) groups is 4. The molecule has 3 saturated heterocycles. The fraction of sp³-hybridized carbons (Fsp3) is 0.463. The van der Waals surface area contributed by atoms with Gasteiger partial charge < -0.3 is 34.7 Å². The minimum atomic E-state index is -1.45. The topological polar surface area (TPSA) is 162 Å². The number of halogens is 1. The van der Waals surface area contributed by atoms with Gasteiger partial charge in [0.15, 0.2) is 6.04 Å².